The van der Waals surface area contributed by atoms with Gasteiger partial charge in [0, 0.05) is 38.1 Å². The molecule has 1 aliphatic heterocycles. The molecule has 1 aliphatic carbocycles. The molecular weight excluding hydrogens is 458 g/mol. The van der Waals surface area contributed by atoms with Crippen LogP contribution in [0.25, 0.3) is 0 Å². The number of carbonyl (C=O) groups is 2. The summed E-state index contributed by atoms with van der Waals surface area (Å²) in [5.74, 6) is 0.0111. The molecule has 1 unspecified atom stereocenters. The van der Waals surface area contributed by atoms with Crippen LogP contribution in [0.15, 0.2) is 60.0 Å². The molecule has 2 aliphatic rings. The van der Waals surface area contributed by atoms with E-state index in [2.05, 4.69) is 50.8 Å². The van der Waals surface area contributed by atoms with Crippen LogP contribution in [0.5, 0.6) is 0 Å². The molecule has 7 nitrogen and oxygen atoms in total. The van der Waals surface area contributed by atoms with Crippen molar-refractivity contribution in [2.24, 2.45) is 0 Å². The van der Waals surface area contributed by atoms with Crippen LogP contribution in [0.3, 0.4) is 0 Å². The first-order valence-corrected chi connectivity index (χ1v) is 13.2. The standard InChI is InChI=1S/C27H31N5O2S/c33-25(29-23-12-6-10-21-9-4-5-11-22(21)23)18-31-13-15-32(16-14-31)26(34)24-19-35-27(30-24)28-17-20-7-2-1-3-8-20/h1-5,7-9,11,19,23H,6,10,12-18H2,(H,28,30)(H,29,33). The Labute approximate surface area is 210 Å². The minimum atomic E-state index is -0.0445. The van der Waals surface area contributed by atoms with Crippen molar-refractivity contribution in [1.29, 1.82) is 0 Å². The van der Waals surface area contributed by atoms with Crippen LogP contribution in [0.4, 0.5) is 5.13 Å². The van der Waals surface area contributed by atoms with Gasteiger partial charge in [-0.05, 0) is 36.0 Å². The Balaban J connectivity index is 1.08. The molecule has 1 atom stereocenters. The van der Waals surface area contributed by atoms with Crippen molar-refractivity contribution in [2.75, 3.05) is 38.0 Å². The highest BCUT2D eigenvalue weighted by molar-refractivity contribution is 7.13. The molecule has 2 heterocycles. The van der Waals surface area contributed by atoms with Gasteiger partial charge >= 0.3 is 0 Å². The summed E-state index contributed by atoms with van der Waals surface area (Å²) in [5.41, 5.74) is 4.25. The molecule has 0 spiro atoms. The largest absolute Gasteiger partial charge is 0.357 e. The van der Waals surface area contributed by atoms with E-state index in [4.69, 9.17) is 0 Å². The van der Waals surface area contributed by atoms with Crippen LogP contribution in [-0.4, -0.2) is 59.3 Å². The lowest BCUT2D eigenvalue weighted by Crippen LogP contribution is -2.51. The number of hydrogen-bond donors (Lipinski definition) is 2. The predicted octanol–water partition coefficient (Wildman–Crippen LogP) is 3.71. The molecule has 2 N–H and O–H groups in total. The van der Waals surface area contributed by atoms with Gasteiger partial charge in [-0.1, -0.05) is 54.6 Å². The molecule has 2 amide bonds. The zero-order valence-corrected chi connectivity index (χ0v) is 20.6. The Hall–Kier alpha value is -3.23. The molecule has 0 bridgehead atoms. The van der Waals surface area contributed by atoms with Crippen LogP contribution < -0.4 is 10.6 Å². The van der Waals surface area contributed by atoms with E-state index in [0.717, 1.165) is 24.4 Å². The highest BCUT2D eigenvalue weighted by Gasteiger charge is 2.26. The summed E-state index contributed by atoms with van der Waals surface area (Å²) in [6.45, 7) is 3.61. The molecule has 1 aromatic heterocycles. The van der Waals surface area contributed by atoms with E-state index in [9.17, 15) is 9.59 Å². The number of benzene rings is 2. The molecular formula is C27H31N5O2S. The van der Waals surface area contributed by atoms with Crippen molar-refractivity contribution in [2.45, 2.75) is 31.8 Å². The summed E-state index contributed by atoms with van der Waals surface area (Å²) in [6.07, 6.45) is 3.17. The van der Waals surface area contributed by atoms with Crippen LogP contribution in [-0.2, 0) is 17.8 Å². The van der Waals surface area contributed by atoms with Crippen LogP contribution in [0.1, 0.15) is 46.1 Å². The van der Waals surface area contributed by atoms with Crippen molar-refractivity contribution >= 4 is 28.3 Å². The van der Waals surface area contributed by atoms with E-state index in [1.807, 2.05) is 34.5 Å². The lowest BCUT2D eigenvalue weighted by molar-refractivity contribution is -0.123. The first-order chi connectivity index (χ1) is 17.2. The predicted molar refractivity (Wildman–Crippen MR) is 138 cm³/mol. The van der Waals surface area contributed by atoms with E-state index in [0.29, 0.717) is 45.0 Å². The molecule has 0 saturated carbocycles. The van der Waals surface area contributed by atoms with Crippen LogP contribution in [0.2, 0.25) is 0 Å². The normalized spacial score (nSPS) is 18.1. The summed E-state index contributed by atoms with van der Waals surface area (Å²) in [4.78, 5) is 34.1. The van der Waals surface area contributed by atoms with Gasteiger partial charge in [0.15, 0.2) is 5.13 Å². The Morgan fingerprint density at radius 2 is 1.77 bits per heavy atom. The smallest absolute Gasteiger partial charge is 0.273 e. The number of anilines is 1. The molecule has 1 fully saturated rings. The second-order valence-electron chi connectivity index (χ2n) is 9.16. The fourth-order valence-electron chi connectivity index (χ4n) is 4.84. The molecule has 182 valence electrons. The van der Waals surface area contributed by atoms with Gasteiger partial charge in [-0.2, -0.15) is 0 Å². The van der Waals surface area contributed by atoms with Gasteiger partial charge in [0.2, 0.25) is 5.91 Å². The Morgan fingerprint density at radius 3 is 2.60 bits per heavy atom. The highest BCUT2D eigenvalue weighted by Crippen LogP contribution is 2.29. The summed E-state index contributed by atoms with van der Waals surface area (Å²) in [7, 11) is 0. The summed E-state index contributed by atoms with van der Waals surface area (Å²) in [5, 5.41) is 9.09. The average Bonchev–Trinajstić information content (AvgIpc) is 3.37. The summed E-state index contributed by atoms with van der Waals surface area (Å²) >= 11 is 1.45. The van der Waals surface area contributed by atoms with Crippen molar-refractivity contribution in [3.05, 3.63) is 82.4 Å². The fourth-order valence-corrected chi connectivity index (χ4v) is 5.53. The average molecular weight is 490 g/mol. The number of rotatable bonds is 7. The molecule has 3 aromatic rings. The van der Waals surface area contributed by atoms with Gasteiger partial charge in [-0.15, -0.1) is 11.3 Å². The topological polar surface area (TPSA) is 77.6 Å². The number of nitrogens with one attached hydrogen (secondary N) is 2. The van der Waals surface area contributed by atoms with Crippen LogP contribution in [0, 0.1) is 0 Å². The number of fused-ring (bicyclic) bond motifs is 1. The van der Waals surface area contributed by atoms with E-state index < -0.39 is 0 Å². The third-order valence-electron chi connectivity index (χ3n) is 6.74. The van der Waals surface area contributed by atoms with Gasteiger partial charge in [0.05, 0.1) is 12.6 Å². The van der Waals surface area contributed by atoms with Crippen molar-refractivity contribution in [3.8, 4) is 0 Å². The quantitative estimate of drug-likeness (QED) is 0.529. The van der Waals surface area contributed by atoms with Crippen LogP contribution >= 0.6 is 11.3 Å². The van der Waals surface area contributed by atoms with E-state index in [-0.39, 0.29) is 17.9 Å². The van der Waals surface area contributed by atoms with Gasteiger partial charge in [-0.25, -0.2) is 4.98 Å². The summed E-state index contributed by atoms with van der Waals surface area (Å²) in [6, 6.07) is 18.6. The Kier molecular flexibility index (Phi) is 7.39. The molecule has 5 rings (SSSR count). The minimum absolute atomic E-state index is 0.0445. The highest BCUT2D eigenvalue weighted by atomic mass is 32.1. The van der Waals surface area contributed by atoms with Crippen molar-refractivity contribution in [3.63, 3.8) is 0 Å². The first-order valence-electron chi connectivity index (χ1n) is 12.3. The number of aromatic nitrogens is 1. The number of carbonyl (C=O) groups excluding carboxylic acids is 2. The monoisotopic (exact) mass is 489 g/mol. The number of piperazine rings is 1. The maximum atomic E-state index is 12.9. The van der Waals surface area contributed by atoms with Gasteiger partial charge < -0.3 is 15.5 Å². The third-order valence-corrected chi connectivity index (χ3v) is 7.54. The zero-order valence-electron chi connectivity index (χ0n) is 19.8. The minimum Gasteiger partial charge on any atom is -0.357 e. The maximum absolute atomic E-state index is 12.9. The van der Waals surface area contributed by atoms with Crippen molar-refractivity contribution < 1.29 is 9.59 Å². The van der Waals surface area contributed by atoms with E-state index >= 15 is 0 Å². The Morgan fingerprint density at radius 1 is 1.00 bits per heavy atom. The van der Waals surface area contributed by atoms with Gasteiger partial charge in [0.1, 0.15) is 5.69 Å². The lowest BCUT2D eigenvalue weighted by atomic mass is 9.88. The summed E-state index contributed by atoms with van der Waals surface area (Å²) < 4.78 is 0. The second kappa shape index (κ2) is 11.0. The molecule has 35 heavy (non-hydrogen) atoms. The van der Waals surface area contributed by atoms with E-state index in [1.165, 1.54) is 28.0 Å². The lowest BCUT2D eigenvalue weighted by Gasteiger charge is -2.34. The fraction of sp³-hybridized carbons (Fsp3) is 0.370. The number of thiazole rings is 1. The van der Waals surface area contributed by atoms with Gasteiger partial charge in [-0.3, -0.25) is 14.5 Å². The first kappa shape index (κ1) is 23.5. The van der Waals surface area contributed by atoms with Gasteiger partial charge in [0.25, 0.3) is 5.91 Å². The molecule has 1 saturated heterocycles. The van der Waals surface area contributed by atoms with Crippen molar-refractivity contribution in [1.82, 2.24) is 20.1 Å². The molecule has 8 heteroatoms. The van der Waals surface area contributed by atoms with E-state index in [1.54, 1.807) is 0 Å². The third kappa shape index (κ3) is 5.89. The maximum Gasteiger partial charge on any atom is 0.273 e. The number of aryl methyl sites for hydroxylation is 1. The second-order valence-corrected chi connectivity index (χ2v) is 10.0. The number of amides is 2. The molecule has 2 aromatic carbocycles. The molecule has 0 radical (unpaired) electrons. The number of nitrogens with zero attached hydrogens (tertiary/aromatic N) is 3. The number of hydrogen-bond acceptors (Lipinski definition) is 6. The zero-order chi connectivity index (χ0) is 24.0. The Bertz CT molecular complexity index is 1160. The SMILES string of the molecule is O=C(CN1CCN(C(=O)c2csc(NCc3ccccc3)n2)CC1)NC1CCCc2ccccc21.